The van der Waals surface area contributed by atoms with Crippen molar-refractivity contribution in [1.29, 1.82) is 0 Å². The van der Waals surface area contributed by atoms with Crippen molar-refractivity contribution in [1.82, 2.24) is 9.88 Å². The van der Waals surface area contributed by atoms with Crippen LogP contribution in [-0.4, -0.2) is 66.3 Å². The zero-order valence-electron chi connectivity index (χ0n) is 12.2. The van der Waals surface area contributed by atoms with Crippen molar-refractivity contribution in [2.45, 2.75) is 6.42 Å². The van der Waals surface area contributed by atoms with Crippen LogP contribution in [0.2, 0.25) is 0 Å². The molecular formula is C13H21N5O3. The van der Waals surface area contributed by atoms with Gasteiger partial charge in [0.25, 0.3) is 0 Å². The topological polar surface area (TPSA) is 94.8 Å². The van der Waals surface area contributed by atoms with Crippen molar-refractivity contribution in [2.24, 2.45) is 0 Å². The van der Waals surface area contributed by atoms with Gasteiger partial charge in [-0.3, -0.25) is 15.0 Å². The third-order valence-corrected chi connectivity index (χ3v) is 3.61. The quantitative estimate of drug-likeness (QED) is 0.604. The van der Waals surface area contributed by atoms with Crippen LogP contribution in [0.25, 0.3) is 0 Å². The minimum Gasteiger partial charge on any atom is -0.395 e. The number of nitrogens with one attached hydrogen (secondary N) is 1. The van der Waals surface area contributed by atoms with E-state index in [-0.39, 0.29) is 12.3 Å². The van der Waals surface area contributed by atoms with Crippen molar-refractivity contribution in [3.63, 3.8) is 0 Å². The van der Waals surface area contributed by atoms with Crippen LogP contribution >= 0.6 is 0 Å². The van der Waals surface area contributed by atoms with Crippen LogP contribution in [0.15, 0.2) is 12.1 Å². The highest BCUT2D eigenvalue weighted by Gasteiger charge is 2.24. The number of β-amino-alcohol motifs (C(OH)–C–C–N with tert-alkyl or cyclic N) is 1. The van der Waals surface area contributed by atoms with Gasteiger partial charge in [-0.2, -0.15) is 0 Å². The maximum absolute atomic E-state index is 11.2. The number of pyridine rings is 1. The Morgan fingerprint density at radius 3 is 2.86 bits per heavy atom. The molecule has 0 aliphatic carbocycles. The van der Waals surface area contributed by atoms with Crippen LogP contribution in [0.1, 0.15) is 6.42 Å². The van der Waals surface area contributed by atoms with Crippen LogP contribution in [0.4, 0.5) is 17.3 Å². The Labute approximate surface area is 123 Å². The maximum atomic E-state index is 11.2. The molecular weight excluding hydrogens is 274 g/mol. The first-order chi connectivity index (χ1) is 10.2. The molecule has 1 aromatic rings. The second kappa shape index (κ2) is 7.19. The predicted octanol–water partition coefficient (Wildman–Crippen LogP) is 0.536. The average molecular weight is 295 g/mol. The van der Waals surface area contributed by atoms with Gasteiger partial charge in [0, 0.05) is 39.3 Å². The summed E-state index contributed by atoms with van der Waals surface area (Å²) in [6.45, 7) is 3.82. The number of aliphatic hydroxyl groups is 1. The van der Waals surface area contributed by atoms with Crippen molar-refractivity contribution >= 4 is 17.3 Å². The number of nitrogens with zero attached hydrogens (tertiary/aromatic N) is 4. The van der Waals surface area contributed by atoms with E-state index in [9.17, 15) is 10.1 Å². The van der Waals surface area contributed by atoms with Gasteiger partial charge in [-0.1, -0.05) is 0 Å². The van der Waals surface area contributed by atoms with E-state index in [1.807, 2.05) is 4.90 Å². The van der Waals surface area contributed by atoms with Crippen molar-refractivity contribution in [3.8, 4) is 0 Å². The second-order valence-corrected chi connectivity index (χ2v) is 4.95. The standard InChI is InChI=1S/C13H21N5O3/c1-14-12-4-3-11(18(20)21)13(15-12)17-6-2-5-16(7-8-17)9-10-19/h3-4,19H,2,5-10H2,1H3,(H,14,15). The molecule has 1 aliphatic heterocycles. The summed E-state index contributed by atoms with van der Waals surface area (Å²) >= 11 is 0. The molecule has 0 amide bonds. The number of aliphatic hydroxyl groups excluding tert-OH is 1. The van der Waals surface area contributed by atoms with Crippen LogP contribution in [0, 0.1) is 10.1 Å². The molecule has 0 spiro atoms. The second-order valence-electron chi connectivity index (χ2n) is 4.95. The predicted molar refractivity (Wildman–Crippen MR) is 80.8 cm³/mol. The largest absolute Gasteiger partial charge is 0.395 e. The third kappa shape index (κ3) is 3.79. The molecule has 116 valence electrons. The molecule has 1 saturated heterocycles. The highest BCUT2D eigenvalue weighted by molar-refractivity contribution is 5.61. The average Bonchev–Trinajstić information content (AvgIpc) is 2.72. The number of aromatic nitrogens is 1. The SMILES string of the molecule is CNc1ccc([N+](=O)[O-])c(N2CCCN(CCO)CC2)n1. The smallest absolute Gasteiger partial charge is 0.311 e. The summed E-state index contributed by atoms with van der Waals surface area (Å²) in [4.78, 5) is 19.3. The first kappa shape index (κ1) is 15.5. The summed E-state index contributed by atoms with van der Waals surface area (Å²) in [5.74, 6) is 1.03. The van der Waals surface area contributed by atoms with Gasteiger partial charge in [0.1, 0.15) is 5.82 Å². The molecule has 8 nitrogen and oxygen atoms in total. The molecule has 0 bridgehead atoms. The van der Waals surface area contributed by atoms with Crippen LogP contribution in [-0.2, 0) is 0 Å². The summed E-state index contributed by atoms with van der Waals surface area (Å²) in [5.41, 5.74) is 0.0320. The highest BCUT2D eigenvalue weighted by Crippen LogP contribution is 2.28. The fourth-order valence-corrected chi connectivity index (χ4v) is 2.50. The lowest BCUT2D eigenvalue weighted by Crippen LogP contribution is -2.33. The monoisotopic (exact) mass is 295 g/mol. The number of hydrogen-bond acceptors (Lipinski definition) is 7. The summed E-state index contributed by atoms with van der Waals surface area (Å²) in [6, 6.07) is 3.10. The normalized spacial score (nSPS) is 16.6. The Morgan fingerprint density at radius 2 is 2.19 bits per heavy atom. The van der Waals surface area contributed by atoms with Gasteiger partial charge in [-0.25, -0.2) is 4.98 Å². The minimum atomic E-state index is -0.391. The number of hydrogen-bond donors (Lipinski definition) is 2. The van der Waals surface area contributed by atoms with E-state index in [4.69, 9.17) is 5.11 Å². The lowest BCUT2D eigenvalue weighted by atomic mass is 10.3. The summed E-state index contributed by atoms with van der Waals surface area (Å²) in [5, 5.41) is 23.1. The number of anilines is 2. The lowest BCUT2D eigenvalue weighted by Gasteiger charge is -2.22. The molecule has 21 heavy (non-hydrogen) atoms. The van der Waals surface area contributed by atoms with Crippen molar-refractivity contribution < 1.29 is 10.0 Å². The van der Waals surface area contributed by atoms with Crippen LogP contribution < -0.4 is 10.2 Å². The third-order valence-electron chi connectivity index (χ3n) is 3.61. The molecule has 0 unspecified atom stereocenters. The molecule has 0 radical (unpaired) electrons. The fraction of sp³-hybridized carbons (Fsp3) is 0.615. The Bertz CT molecular complexity index is 497. The lowest BCUT2D eigenvalue weighted by molar-refractivity contribution is -0.384. The molecule has 1 aliphatic rings. The van der Waals surface area contributed by atoms with Gasteiger partial charge >= 0.3 is 5.69 Å². The van der Waals surface area contributed by atoms with E-state index in [1.165, 1.54) is 6.07 Å². The number of rotatable bonds is 5. The molecule has 1 aromatic heterocycles. The molecule has 8 heteroatoms. The zero-order chi connectivity index (χ0) is 15.2. The van der Waals surface area contributed by atoms with Gasteiger partial charge < -0.3 is 15.3 Å². The van der Waals surface area contributed by atoms with E-state index >= 15 is 0 Å². The molecule has 0 saturated carbocycles. The Balaban J connectivity index is 2.21. The van der Waals surface area contributed by atoms with Gasteiger partial charge in [-0.15, -0.1) is 0 Å². The Hall–Kier alpha value is -1.93. The van der Waals surface area contributed by atoms with Gasteiger partial charge in [0.15, 0.2) is 0 Å². The minimum absolute atomic E-state index is 0.0320. The fourth-order valence-electron chi connectivity index (χ4n) is 2.50. The summed E-state index contributed by atoms with van der Waals surface area (Å²) in [6.07, 6.45) is 0.891. The van der Waals surface area contributed by atoms with E-state index in [2.05, 4.69) is 15.2 Å². The first-order valence-electron chi connectivity index (χ1n) is 7.07. The summed E-state index contributed by atoms with van der Waals surface area (Å²) < 4.78 is 0. The van der Waals surface area contributed by atoms with Crippen LogP contribution in [0.5, 0.6) is 0 Å². The molecule has 0 aromatic carbocycles. The van der Waals surface area contributed by atoms with Crippen molar-refractivity contribution in [2.75, 3.05) is 56.6 Å². The highest BCUT2D eigenvalue weighted by atomic mass is 16.6. The summed E-state index contributed by atoms with van der Waals surface area (Å²) in [7, 11) is 1.74. The molecule has 2 rings (SSSR count). The number of nitro groups is 1. The van der Waals surface area contributed by atoms with Gasteiger partial charge in [0.2, 0.25) is 5.82 Å². The van der Waals surface area contributed by atoms with Gasteiger partial charge in [0.05, 0.1) is 11.5 Å². The van der Waals surface area contributed by atoms with E-state index < -0.39 is 4.92 Å². The Morgan fingerprint density at radius 1 is 1.38 bits per heavy atom. The maximum Gasteiger partial charge on any atom is 0.311 e. The van der Waals surface area contributed by atoms with E-state index in [0.29, 0.717) is 24.7 Å². The molecule has 1 fully saturated rings. The van der Waals surface area contributed by atoms with E-state index in [0.717, 1.165) is 26.1 Å². The van der Waals surface area contributed by atoms with E-state index in [1.54, 1.807) is 13.1 Å². The zero-order valence-corrected chi connectivity index (χ0v) is 12.2. The first-order valence-corrected chi connectivity index (χ1v) is 7.07. The van der Waals surface area contributed by atoms with Crippen LogP contribution in [0.3, 0.4) is 0 Å². The molecule has 2 heterocycles. The van der Waals surface area contributed by atoms with Crippen molar-refractivity contribution in [3.05, 3.63) is 22.2 Å². The Kier molecular flexibility index (Phi) is 5.29. The van der Waals surface area contributed by atoms with Gasteiger partial charge in [-0.05, 0) is 19.0 Å². The molecule has 2 N–H and O–H groups in total. The molecule has 0 atom stereocenters.